The Balaban J connectivity index is 1.31. The number of allylic oxidation sites excluding steroid dienone is 1. The quantitative estimate of drug-likeness (QED) is 0.199. The van der Waals surface area contributed by atoms with Crippen molar-refractivity contribution in [1.82, 2.24) is 9.13 Å². The third kappa shape index (κ3) is 4.21. The maximum atomic E-state index is 9.82. The highest BCUT2D eigenvalue weighted by atomic mass is 15.0. The minimum absolute atomic E-state index is 0.143. The molecule has 8 aromatic rings. The fourth-order valence-corrected chi connectivity index (χ4v) is 7.56. The Kier molecular flexibility index (Phi) is 6.35. The lowest BCUT2D eigenvalue weighted by Crippen LogP contribution is -2.06. The summed E-state index contributed by atoms with van der Waals surface area (Å²) >= 11 is 0. The first-order chi connectivity index (χ1) is 23.7. The molecule has 224 valence electrons. The van der Waals surface area contributed by atoms with Crippen LogP contribution in [0.4, 0.5) is 0 Å². The molecule has 6 aromatic carbocycles. The van der Waals surface area contributed by atoms with E-state index in [1.165, 1.54) is 21.7 Å². The number of para-hydroxylation sites is 3. The van der Waals surface area contributed by atoms with Gasteiger partial charge in [-0.2, -0.15) is 10.5 Å². The number of rotatable bonds is 4. The van der Waals surface area contributed by atoms with Crippen molar-refractivity contribution in [3.63, 3.8) is 0 Å². The molecule has 0 N–H and O–H groups in total. The minimum atomic E-state index is -0.143. The van der Waals surface area contributed by atoms with Crippen LogP contribution in [-0.2, 0) is 6.42 Å². The van der Waals surface area contributed by atoms with E-state index in [-0.39, 0.29) is 5.92 Å². The van der Waals surface area contributed by atoms with Crippen LogP contribution in [0.2, 0.25) is 0 Å². The summed E-state index contributed by atoms with van der Waals surface area (Å²) in [5, 5.41) is 23.0. The second-order valence-corrected chi connectivity index (χ2v) is 12.3. The van der Waals surface area contributed by atoms with Gasteiger partial charge in [-0.25, -0.2) is 0 Å². The van der Waals surface area contributed by atoms with Crippen LogP contribution in [0.25, 0.3) is 72.4 Å². The van der Waals surface area contributed by atoms with Gasteiger partial charge in [0, 0.05) is 38.8 Å². The van der Waals surface area contributed by atoms with E-state index in [2.05, 4.69) is 143 Å². The Bertz CT molecular complexity index is 2670. The highest BCUT2D eigenvalue weighted by Gasteiger charge is 2.25. The van der Waals surface area contributed by atoms with Gasteiger partial charge in [-0.1, -0.05) is 103 Å². The van der Waals surface area contributed by atoms with Gasteiger partial charge >= 0.3 is 0 Å². The zero-order valence-corrected chi connectivity index (χ0v) is 26.0. The van der Waals surface area contributed by atoms with E-state index in [1.807, 2.05) is 30.3 Å². The van der Waals surface area contributed by atoms with Gasteiger partial charge in [-0.15, -0.1) is 0 Å². The number of nitriles is 2. The maximum absolute atomic E-state index is 9.82. The average molecular weight is 613 g/mol. The van der Waals surface area contributed by atoms with Crippen LogP contribution in [0, 0.1) is 28.6 Å². The van der Waals surface area contributed by atoms with Crippen LogP contribution in [0.3, 0.4) is 0 Å². The van der Waals surface area contributed by atoms with Gasteiger partial charge in [0.15, 0.2) is 0 Å². The van der Waals surface area contributed by atoms with Gasteiger partial charge in [0.1, 0.15) is 0 Å². The van der Waals surface area contributed by atoms with Crippen molar-refractivity contribution in [2.75, 3.05) is 0 Å². The monoisotopic (exact) mass is 612 g/mol. The SMILES string of the molecule is N#Cc1cccc(-n2c3ccccc3c3ccc(-c4ccccc4-c4cccc5c6c(n(-c7ccccc7)c45)C=CC(C#N)C6)cc32)c1. The molecule has 0 spiro atoms. The van der Waals surface area contributed by atoms with Crippen molar-refractivity contribution in [2.45, 2.75) is 6.42 Å². The smallest absolute Gasteiger partial charge is 0.0992 e. The van der Waals surface area contributed by atoms with Crippen molar-refractivity contribution in [2.24, 2.45) is 5.92 Å². The highest BCUT2D eigenvalue weighted by molar-refractivity contribution is 6.11. The Labute approximate surface area is 278 Å². The molecule has 0 saturated heterocycles. The summed E-state index contributed by atoms with van der Waals surface area (Å²) in [6.45, 7) is 0. The van der Waals surface area contributed by atoms with Crippen molar-refractivity contribution in [1.29, 1.82) is 10.5 Å². The van der Waals surface area contributed by atoms with E-state index >= 15 is 0 Å². The summed E-state index contributed by atoms with van der Waals surface area (Å²) in [6, 6.07) is 53.5. The summed E-state index contributed by atoms with van der Waals surface area (Å²) in [7, 11) is 0. The molecule has 1 atom stereocenters. The molecule has 4 nitrogen and oxygen atoms in total. The second kappa shape index (κ2) is 11.0. The molecule has 2 heterocycles. The van der Waals surface area contributed by atoms with E-state index < -0.39 is 0 Å². The molecular formula is C44H28N4. The number of fused-ring (bicyclic) bond motifs is 6. The van der Waals surface area contributed by atoms with Crippen molar-refractivity contribution >= 4 is 38.8 Å². The lowest BCUT2D eigenvalue weighted by atomic mass is 9.90. The second-order valence-electron chi connectivity index (χ2n) is 12.3. The van der Waals surface area contributed by atoms with Crippen LogP contribution < -0.4 is 0 Å². The van der Waals surface area contributed by atoms with Gasteiger partial charge in [0.25, 0.3) is 0 Å². The Hall–Kier alpha value is -6.62. The van der Waals surface area contributed by atoms with Crippen LogP contribution in [0.5, 0.6) is 0 Å². The van der Waals surface area contributed by atoms with Gasteiger partial charge in [0.2, 0.25) is 0 Å². The minimum Gasteiger partial charge on any atom is -0.309 e. The molecule has 9 rings (SSSR count). The van der Waals surface area contributed by atoms with Crippen molar-refractivity contribution in [3.8, 4) is 45.8 Å². The van der Waals surface area contributed by atoms with E-state index in [9.17, 15) is 10.5 Å². The molecule has 0 aliphatic heterocycles. The third-order valence-corrected chi connectivity index (χ3v) is 9.66. The largest absolute Gasteiger partial charge is 0.309 e. The standard InChI is InChI=1S/C44H28N4/c45-27-29-10-8-13-33(24-29)47-41-19-7-6-16-36(41)37-22-21-31(26-43(37)47)34-14-4-5-15-35(34)38-17-9-18-39-40-25-30(28-46)20-23-42(40)48(44(38)39)32-11-2-1-3-12-32/h1-24,26,30H,25H2. The molecule has 0 amide bonds. The number of hydrogen-bond donors (Lipinski definition) is 0. The first-order valence-electron chi connectivity index (χ1n) is 16.2. The molecule has 1 aliphatic rings. The molecule has 0 fully saturated rings. The lowest BCUT2D eigenvalue weighted by molar-refractivity contribution is 0.809. The Morgan fingerprint density at radius 2 is 1.27 bits per heavy atom. The van der Waals surface area contributed by atoms with E-state index in [0.717, 1.165) is 55.9 Å². The van der Waals surface area contributed by atoms with Crippen LogP contribution in [0.1, 0.15) is 16.8 Å². The predicted octanol–water partition coefficient (Wildman–Crippen LogP) is 10.6. The summed E-state index contributed by atoms with van der Waals surface area (Å²) in [4.78, 5) is 0. The van der Waals surface area contributed by atoms with Crippen LogP contribution in [-0.4, -0.2) is 9.13 Å². The molecule has 48 heavy (non-hydrogen) atoms. The van der Waals surface area contributed by atoms with Gasteiger partial charge in [0.05, 0.1) is 40.2 Å². The van der Waals surface area contributed by atoms with Gasteiger partial charge < -0.3 is 9.13 Å². The molecular weight excluding hydrogens is 585 g/mol. The number of nitrogens with zero attached hydrogens (tertiary/aromatic N) is 4. The normalized spacial score (nSPS) is 13.8. The summed E-state index contributed by atoms with van der Waals surface area (Å²) in [5.74, 6) is -0.143. The predicted molar refractivity (Wildman–Crippen MR) is 195 cm³/mol. The van der Waals surface area contributed by atoms with Crippen LogP contribution in [0.15, 0.2) is 146 Å². The Morgan fingerprint density at radius 1 is 0.562 bits per heavy atom. The summed E-state index contributed by atoms with van der Waals surface area (Å²) in [5.41, 5.74) is 12.9. The fourth-order valence-electron chi connectivity index (χ4n) is 7.56. The van der Waals surface area contributed by atoms with E-state index in [4.69, 9.17) is 0 Å². The van der Waals surface area contributed by atoms with Gasteiger partial charge in [-0.05, 0) is 77.2 Å². The molecule has 1 unspecified atom stereocenters. The maximum Gasteiger partial charge on any atom is 0.0992 e. The molecule has 0 bridgehead atoms. The molecule has 4 heteroatoms. The molecule has 1 aliphatic carbocycles. The van der Waals surface area contributed by atoms with Crippen LogP contribution >= 0.6 is 0 Å². The molecule has 2 aromatic heterocycles. The summed E-state index contributed by atoms with van der Waals surface area (Å²) < 4.78 is 4.63. The van der Waals surface area contributed by atoms with Gasteiger partial charge in [-0.3, -0.25) is 0 Å². The fraction of sp³-hybridized carbons (Fsp3) is 0.0455. The highest BCUT2D eigenvalue weighted by Crippen LogP contribution is 2.43. The molecule has 0 radical (unpaired) electrons. The first kappa shape index (κ1) is 27.7. The van der Waals surface area contributed by atoms with E-state index in [1.54, 1.807) is 0 Å². The average Bonchev–Trinajstić information content (AvgIpc) is 3.67. The van der Waals surface area contributed by atoms with E-state index in [0.29, 0.717) is 12.0 Å². The zero-order valence-electron chi connectivity index (χ0n) is 26.0. The number of aromatic nitrogens is 2. The first-order valence-corrected chi connectivity index (χ1v) is 16.2. The number of hydrogen-bond acceptors (Lipinski definition) is 2. The Morgan fingerprint density at radius 3 is 2.12 bits per heavy atom. The molecule has 0 saturated carbocycles. The van der Waals surface area contributed by atoms with Crippen molar-refractivity contribution in [3.05, 3.63) is 162 Å². The van der Waals surface area contributed by atoms with Crippen molar-refractivity contribution < 1.29 is 0 Å². The number of benzene rings is 6. The zero-order chi connectivity index (χ0) is 32.2. The topological polar surface area (TPSA) is 57.4 Å². The summed E-state index contributed by atoms with van der Waals surface area (Å²) in [6.07, 6.45) is 4.86. The lowest BCUT2D eigenvalue weighted by Gasteiger charge is -2.16. The third-order valence-electron chi connectivity index (χ3n) is 9.66.